The van der Waals surface area contributed by atoms with Gasteiger partial charge in [0.2, 0.25) is 5.43 Å². The third-order valence-corrected chi connectivity index (χ3v) is 8.84. The molecule has 46 heavy (non-hydrogen) atoms. The van der Waals surface area contributed by atoms with Crippen LogP contribution < -0.4 is 21.4 Å². The van der Waals surface area contributed by atoms with Gasteiger partial charge in [-0.15, -0.1) is 11.8 Å². The topological polar surface area (TPSA) is 124 Å². The summed E-state index contributed by atoms with van der Waals surface area (Å²) in [7, 11) is 3.87. The zero-order valence-electron chi connectivity index (χ0n) is 25.9. The Labute approximate surface area is 268 Å². The lowest BCUT2D eigenvalue weighted by Crippen LogP contribution is -2.47. The lowest BCUT2D eigenvalue weighted by molar-refractivity contribution is -0.141. The van der Waals surface area contributed by atoms with Crippen molar-refractivity contribution in [1.29, 1.82) is 0 Å². The number of fused-ring (bicyclic) bond motifs is 1. The van der Waals surface area contributed by atoms with Gasteiger partial charge in [-0.1, -0.05) is 13.0 Å². The molecular weight excluding hydrogens is 621 g/mol. The molecule has 2 aliphatic rings. The molecular formula is C31H37F3N8O3S. The van der Waals surface area contributed by atoms with E-state index in [1.807, 2.05) is 30.5 Å². The SMILES string of the molecule is CCCNC(=O)Nc1cc(C2=NC(C(F)(F)F)CS2)c(-c2ccc3c(c2)c(=O)c(C(=O)N2CCNCC2)cn3CCN(C)C)cn1. The number of piperazine rings is 1. The molecule has 2 aliphatic heterocycles. The molecule has 0 aliphatic carbocycles. The fourth-order valence-corrected chi connectivity index (χ4v) is 6.37. The average molecular weight is 659 g/mol. The van der Waals surface area contributed by atoms with Crippen LogP contribution in [0.4, 0.5) is 23.8 Å². The highest BCUT2D eigenvalue weighted by molar-refractivity contribution is 8.14. The van der Waals surface area contributed by atoms with Crippen molar-refractivity contribution >= 4 is 45.5 Å². The fraction of sp³-hybridized carbons (Fsp3) is 0.452. The molecule has 3 amide bonds. The summed E-state index contributed by atoms with van der Waals surface area (Å²) in [5.41, 5.74) is 1.56. The molecule has 246 valence electrons. The van der Waals surface area contributed by atoms with Gasteiger partial charge in [0.15, 0.2) is 6.04 Å². The number of anilines is 1. The van der Waals surface area contributed by atoms with E-state index < -0.39 is 23.7 Å². The van der Waals surface area contributed by atoms with Gasteiger partial charge in [0.05, 0.1) is 10.6 Å². The number of nitrogens with one attached hydrogen (secondary N) is 3. The van der Waals surface area contributed by atoms with Crippen LogP contribution in [0.25, 0.3) is 22.0 Å². The Balaban J connectivity index is 1.63. The number of halogens is 3. The third-order valence-electron chi connectivity index (χ3n) is 7.75. The number of pyridine rings is 2. The third kappa shape index (κ3) is 7.53. The fourth-order valence-electron chi connectivity index (χ4n) is 5.27. The molecule has 1 atom stereocenters. The van der Waals surface area contributed by atoms with Crippen molar-refractivity contribution in [1.82, 2.24) is 30.0 Å². The van der Waals surface area contributed by atoms with Crippen LogP contribution in [0.15, 0.2) is 46.4 Å². The molecule has 1 aromatic carbocycles. The van der Waals surface area contributed by atoms with Crippen LogP contribution in [-0.4, -0.2) is 108 Å². The van der Waals surface area contributed by atoms with Gasteiger partial charge in [0.1, 0.15) is 11.4 Å². The predicted molar refractivity (Wildman–Crippen MR) is 175 cm³/mol. The van der Waals surface area contributed by atoms with Crippen LogP contribution in [0, 0.1) is 0 Å². The molecule has 0 spiro atoms. The van der Waals surface area contributed by atoms with Crippen molar-refractivity contribution in [2.24, 2.45) is 4.99 Å². The van der Waals surface area contributed by atoms with Crippen molar-refractivity contribution in [2.75, 3.05) is 64.4 Å². The van der Waals surface area contributed by atoms with Crippen molar-refractivity contribution in [3.05, 3.63) is 58.0 Å². The first-order chi connectivity index (χ1) is 22.0. The first-order valence-electron chi connectivity index (χ1n) is 15.1. The Hall–Kier alpha value is -3.95. The number of hydrogen-bond acceptors (Lipinski definition) is 8. The Kier molecular flexibility index (Phi) is 10.3. The number of benzene rings is 1. The Morgan fingerprint density at radius 1 is 1.15 bits per heavy atom. The minimum absolute atomic E-state index is 0.0602. The van der Waals surface area contributed by atoms with Crippen LogP contribution in [0.5, 0.6) is 0 Å². The first-order valence-corrected chi connectivity index (χ1v) is 16.1. The van der Waals surface area contributed by atoms with E-state index in [4.69, 9.17) is 0 Å². The summed E-state index contributed by atoms with van der Waals surface area (Å²) in [6.07, 6.45) is -0.706. The van der Waals surface area contributed by atoms with Crippen LogP contribution in [-0.2, 0) is 6.54 Å². The first kappa shape index (κ1) is 33.4. The zero-order chi connectivity index (χ0) is 33.0. The maximum atomic E-state index is 13.9. The molecule has 1 fully saturated rings. The smallest absolute Gasteiger partial charge is 0.345 e. The number of amides is 3. The van der Waals surface area contributed by atoms with Crippen LogP contribution >= 0.6 is 11.8 Å². The molecule has 0 radical (unpaired) electrons. The van der Waals surface area contributed by atoms with Crippen LogP contribution in [0.1, 0.15) is 29.3 Å². The van der Waals surface area contributed by atoms with E-state index in [0.717, 1.165) is 18.2 Å². The van der Waals surface area contributed by atoms with E-state index in [1.54, 1.807) is 29.3 Å². The molecule has 1 saturated heterocycles. The second-order valence-electron chi connectivity index (χ2n) is 11.4. The van der Waals surface area contributed by atoms with E-state index in [-0.39, 0.29) is 28.1 Å². The standard InChI is InChI=1S/C31H37F3N8O3S/c1-4-7-36-30(45)39-26-15-20(28-38-25(18-46-28)31(32,33)34)22(16-37-26)19-5-6-24-21(14-19)27(43)23(17-42(24)13-12-40(2)3)29(44)41-10-8-35-9-11-41/h5-6,14-17,25,35H,4,7-13,18H2,1-3H3,(H2,36,37,39,45). The molecule has 5 rings (SSSR count). The quantitative estimate of drug-likeness (QED) is 0.321. The number of thioether (sulfide) groups is 1. The van der Waals surface area contributed by atoms with Crippen molar-refractivity contribution < 1.29 is 22.8 Å². The van der Waals surface area contributed by atoms with E-state index in [9.17, 15) is 27.6 Å². The van der Waals surface area contributed by atoms with Gasteiger partial charge in [0, 0.05) is 80.5 Å². The number of urea groups is 1. The monoisotopic (exact) mass is 658 g/mol. The molecule has 3 aromatic rings. The molecule has 0 bridgehead atoms. The summed E-state index contributed by atoms with van der Waals surface area (Å²) >= 11 is 0.970. The lowest BCUT2D eigenvalue weighted by atomic mass is 9.99. The summed E-state index contributed by atoms with van der Waals surface area (Å²) in [4.78, 5) is 51.8. The predicted octanol–water partition coefficient (Wildman–Crippen LogP) is 3.63. The van der Waals surface area contributed by atoms with E-state index in [2.05, 4.69) is 25.9 Å². The number of carbonyl (C=O) groups is 2. The average Bonchev–Trinajstić information content (AvgIpc) is 3.55. The maximum Gasteiger partial charge on any atom is 0.411 e. The number of nitrogens with zero attached hydrogens (tertiary/aromatic N) is 5. The largest absolute Gasteiger partial charge is 0.411 e. The number of alkyl halides is 3. The van der Waals surface area contributed by atoms with Crippen molar-refractivity contribution in [3.63, 3.8) is 0 Å². The minimum atomic E-state index is -4.50. The Morgan fingerprint density at radius 3 is 2.59 bits per heavy atom. The second-order valence-corrected chi connectivity index (χ2v) is 12.5. The summed E-state index contributed by atoms with van der Waals surface area (Å²) in [6, 6.07) is 4.34. The number of likely N-dealkylation sites (N-methyl/N-ethyl adjacent to an activating group) is 1. The number of rotatable bonds is 9. The van der Waals surface area contributed by atoms with Gasteiger partial charge in [0.25, 0.3) is 5.91 Å². The second kappa shape index (κ2) is 14.2. The van der Waals surface area contributed by atoms with Gasteiger partial charge in [-0.25, -0.2) is 9.78 Å². The highest BCUT2D eigenvalue weighted by atomic mass is 32.2. The van der Waals surface area contributed by atoms with Gasteiger partial charge >= 0.3 is 12.2 Å². The molecule has 2 aromatic heterocycles. The normalized spacial score (nSPS) is 17.0. The van der Waals surface area contributed by atoms with E-state index >= 15 is 0 Å². The van der Waals surface area contributed by atoms with Crippen molar-refractivity contribution in [2.45, 2.75) is 32.1 Å². The van der Waals surface area contributed by atoms with E-state index in [1.165, 1.54) is 12.3 Å². The summed E-state index contributed by atoms with van der Waals surface area (Å²) in [6.45, 7) is 5.76. The van der Waals surface area contributed by atoms with Crippen molar-refractivity contribution in [3.8, 4) is 11.1 Å². The molecule has 11 nitrogen and oxygen atoms in total. The Bertz CT molecular complexity index is 1700. The summed E-state index contributed by atoms with van der Waals surface area (Å²) in [5.74, 6) is -0.472. The zero-order valence-corrected chi connectivity index (χ0v) is 26.7. The Morgan fingerprint density at radius 2 is 1.91 bits per heavy atom. The molecule has 0 saturated carbocycles. The molecule has 1 unspecified atom stereocenters. The lowest BCUT2D eigenvalue weighted by Gasteiger charge is -2.27. The highest BCUT2D eigenvalue weighted by Crippen LogP contribution is 2.37. The number of aromatic nitrogens is 2. The summed E-state index contributed by atoms with van der Waals surface area (Å²) in [5, 5.41) is 8.98. The number of aliphatic imine (C=N–C) groups is 1. The van der Waals surface area contributed by atoms with Gasteiger partial charge in [-0.05, 0) is 44.3 Å². The number of carbonyl (C=O) groups excluding carboxylic acids is 2. The molecule has 15 heteroatoms. The maximum absolute atomic E-state index is 13.9. The van der Waals surface area contributed by atoms with Crippen LogP contribution in [0.3, 0.4) is 0 Å². The van der Waals surface area contributed by atoms with Gasteiger partial charge in [-0.3, -0.25) is 19.9 Å². The van der Waals surface area contributed by atoms with Gasteiger partial charge < -0.3 is 25.0 Å². The van der Waals surface area contributed by atoms with Crippen LogP contribution in [0.2, 0.25) is 0 Å². The highest BCUT2D eigenvalue weighted by Gasteiger charge is 2.43. The summed E-state index contributed by atoms with van der Waals surface area (Å²) < 4.78 is 42.6. The molecule has 4 heterocycles. The van der Waals surface area contributed by atoms with Gasteiger partial charge in [-0.2, -0.15) is 13.2 Å². The molecule has 3 N–H and O–H groups in total. The van der Waals surface area contributed by atoms with E-state index in [0.29, 0.717) is 73.4 Å². The minimum Gasteiger partial charge on any atom is -0.345 e. The number of hydrogen-bond donors (Lipinski definition) is 3.